The van der Waals surface area contributed by atoms with Gasteiger partial charge in [-0.3, -0.25) is 4.79 Å². The zero-order valence-corrected chi connectivity index (χ0v) is 16.0. The minimum atomic E-state index is -3.63. The number of carbonyl (C=O) groups excluding carboxylic acids is 1. The standard InChI is InChI=1S/C19H24N2O3S/c1-13(2)21(5)25(23,24)17-11-7-10-16(12-17)19(22)20-18-14(3)8-6-9-15(18)4/h6-13H,1-5H3,(H,20,22). The highest BCUT2D eigenvalue weighted by Gasteiger charge is 2.24. The average Bonchev–Trinajstić information content (AvgIpc) is 2.57. The molecule has 0 aromatic heterocycles. The van der Waals surface area contributed by atoms with E-state index in [1.807, 2.05) is 32.0 Å². The van der Waals surface area contributed by atoms with E-state index < -0.39 is 10.0 Å². The van der Waals surface area contributed by atoms with Gasteiger partial charge in [0.05, 0.1) is 4.90 Å². The van der Waals surface area contributed by atoms with Gasteiger partial charge in [0.25, 0.3) is 5.91 Å². The number of sulfonamides is 1. The number of para-hydroxylation sites is 1. The van der Waals surface area contributed by atoms with Crippen LogP contribution in [0.5, 0.6) is 0 Å². The van der Waals surface area contributed by atoms with Crippen molar-refractivity contribution in [3.63, 3.8) is 0 Å². The Kier molecular flexibility index (Phi) is 5.65. The molecule has 0 radical (unpaired) electrons. The summed E-state index contributed by atoms with van der Waals surface area (Å²) in [6, 6.07) is 11.7. The Bertz CT molecular complexity index is 869. The monoisotopic (exact) mass is 360 g/mol. The molecule has 0 fully saturated rings. The molecule has 0 saturated carbocycles. The first-order valence-electron chi connectivity index (χ1n) is 8.10. The molecule has 2 aromatic rings. The van der Waals surface area contributed by atoms with Crippen LogP contribution in [0.15, 0.2) is 47.4 Å². The van der Waals surface area contributed by atoms with Gasteiger partial charge in [-0.15, -0.1) is 0 Å². The second-order valence-electron chi connectivity index (χ2n) is 6.36. The SMILES string of the molecule is Cc1cccc(C)c1NC(=O)c1cccc(S(=O)(=O)N(C)C(C)C)c1. The fraction of sp³-hybridized carbons (Fsp3) is 0.316. The van der Waals surface area contributed by atoms with E-state index in [-0.39, 0.29) is 16.8 Å². The molecular formula is C19H24N2O3S. The summed E-state index contributed by atoms with van der Waals surface area (Å²) in [5.74, 6) is -0.332. The Morgan fingerprint density at radius 2 is 1.60 bits per heavy atom. The highest BCUT2D eigenvalue weighted by molar-refractivity contribution is 7.89. The molecule has 0 atom stereocenters. The van der Waals surface area contributed by atoms with Crippen LogP contribution in [0.1, 0.15) is 35.3 Å². The third-order valence-electron chi connectivity index (χ3n) is 4.22. The summed E-state index contributed by atoms with van der Waals surface area (Å²) in [4.78, 5) is 12.7. The van der Waals surface area contributed by atoms with Gasteiger partial charge in [-0.25, -0.2) is 8.42 Å². The fourth-order valence-electron chi connectivity index (χ4n) is 2.44. The predicted octanol–water partition coefficient (Wildman–Crippen LogP) is 3.58. The maximum atomic E-state index is 12.6. The molecule has 0 unspecified atom stereocenters. The van der Waals surface area contributed by atoms with Crippen LogP contribution in [0.3, 0.4) is 0 Å². The van der Waals surface area contributed by atoms with Gasteiger partial charge in [0.2, 0.25) is 10.0 Å². The van der Waals surface area contributed by atoms with Crippen molar-refractivity contribution in [3.05, 3.63) is 59.2 Å². The number of carbonyl (C=O) groups is 1. The van der Waals surface area contributed by atoms with Crippen molar-refractivity contribution in [2.75, 3.05) is 12.4 Å². The van der Waals surface area contributed by atoms with Crippen LogP contribution < -0.4 is 5.32 Å². The van der Waals surface area contributed by atoms with Gasteiger partial charge in [0.15, 0.2) is 0 Å². The number of amides is 1. The lowest BCUT2D eigenvalue weighted by Crippen LogP contribution is -2.33. The maximum absolute atomic E-state index is 12.6. The molecule has 5 nitrogen and oxygen atoms in total. The van der Waals surface area contributed by atoms with Gasteiger partial charge in [0, 0.05) is 24.3 Å². The zero-order valence-electron chi connectivity index (χ0n) is 15.2. The topological polar surface area (TPSA) is 66.5 Å². The van der Waals surface area contributed by atoms with Crippen molar-refractivity contribution in [3.8, 4) is 0 Å². The Labute approximate surface area is 149 Å². The number of anilines is 1. The number of nitrogens with one attached hydrogen (secondary N) is 1. The Balaban J connectivity index is 2.34. The summed E-state index contributed by atoms with van der Waals surface area (Å²) in [6.07, 6.45) is 0. The normalized spacial score (nSPS) is 11.8. The van der Waals surface area contributed by atoms with Crippen LogP contribution in [0.2, 0.25) is 0 Å². The van der Waals surface area contributed by atoms with Crippen LogP contribution in [-0.4, -0.2) is 31.7 Å². The van der Waals surface area contributed by atoms with E-state index in [0.717, 1.165) is 16.8 Å². The maximum Gasteiger partial charge on any atom is 0.255 e. The van der Waals surface area contributed by atoms with Crippen LogP contribution in [0.25, 0.3) is 0 Å². The molecule has 0 aliphatic rings. The summed E-state index contributed by atoms with van der Waals surface area (Å²) in [7, 11) is -2.10. The smallest absolute Gasteiger partial charge is 0.255 e. The summed E-state index contributed by atoms with van der Waals surface area (Å²) >= 11 is 0. The molecule has 0 bridgehead atoms. The van der Waals surface area contributed by atoms with Crippen LogP contribution in [0, 0.1) is 13.8 Å². The van der Waals surface area contributed by atoms with Gasteiger partial charge in [0.1, 0.15) is 0 Å². The van der Waals surface area contributed by atoms with Gasteiger partial charge in [-0.1, -0.05) is 24.3 Å². The third kappa shape index (κ3) is 4.08. The Morgan fingerprint density at radius 3 is 2.16 bits per heavy atom. The van der Waals surface area contributed by atoms with Crippen molar-refractivity contribution in [1.29, 1.82) is 0 Å². The molecule has 0 spiro atoms. The lowest BCUT2D eigenvalue weighted by molar-refractivity contribution is 0.102. The second kappa shape index (κ2) is 7.37. The molecule has 2 aromatic carbocycles. The van der Waals surface area contributed by atoms with Crippen molar-refractivity contribution in [2.45, 2.75) is 38.6 Å². The van der Waals surface area contributed by atoms with Gasteiger partial charge < -0.3 is 5.32 Å². The Hall–Kier alpha value is -2.18. The molecule has 1 N–H and O–H groups in total. The van der Waals surface area contributed by atoms with E-state index in [1.54, 1.807) is 26.0 Å². The minimum Gasteiger partial charge on any atom is -0.322 e. The van der Waals surface area contributed by atoms with Gasteiger partial charge in [-0.2, -0.15) is 4.31 Å². The van der Waals surface area contributed by atoms with Crippen LogP contribution >= 0.6 is 0 Å². The first-order chi connectivity index (χ1) is 11.6. The average molecular weight is 360 g/mol. The molecule has 0 aliphatic heterocycles. The van der Waals surface area contributed by atoms with Gasteiger partial charge >= 0.3 is 0 Å². The highest BCUT2D eigenvalue weighted by atomic mass is 32.2. The predicted molar refractivity (Wildman–Crippen MR) is 100 cm³/mol. The number of aryl methyl sites for hydroxylation is 2. The summed E-state index contributed by atoms with van der Waals surface area (Å²) in [5.41, 5.74) is 2.97. The molecule has 1 amide bonds. The van der Waals surface area contributed by atoms with Gasteiger partial charge in [-0.05, 0) is 57.0 Å². The molecule has 134 valence electrons. The van der Waals surface area contributed by atoms with E-state index in [0.29, 0.717) is 5.56 Å². The van der Waals surface area contributed by atoms with Crippen molar-refractivity contribution in [2.24, 2.45) is 0 Å². The highest BCUT2D eigenvalue weighted by Crippen LogP contribution is 2.22. The summed E-state index contributed by atoms with van der Waals surface area (Å²) in [5, 5.41) is 2.88. The molecular weight excluding hydrogens is 336 g/mol. The van der Waals surface area contributed by atoms with Crippen molar-refractivity contribution < 1.29 is 13.2 Å². The number of rotatable bonds is 5. The van der Waals surface area contributed by atoms with Crippen LogP contribution in [-0.2, 0) is 10.0 Å². The molecule has 2 rings (SSSR count). The molecule has 0 aliphatic carbocycles. The Morgan fingerprint density at radius 1 is 1.04 bits per heavy atom. The van der Waals surface area contributed by atoms with Crippen LogP contribution in [0.4, 0.5) is 5.69 Å². The number of hydrogen-bond acceptors (Lipinski definition) is 3. The zero-order chi connectivity index (χ0) is 18.8. The first-order valence-corrected chi connectivity index (χ1v) is 9.54. The lowest BCUT2D eigenvalue weighted by atomic mass is 10.1. The molecule has 0 saturated heterocycles. The molecule has 25 heavy (non-hydrogen) atoms. The number of hydrogen-bond donors (Lipinski definition) is 1. The lowest BCUT2D eigenvalue weighted by Gasteiger charge is -2.21. The van der Waals surface area contributed by atoms with E-state index in [2.05, 4.69) is 5.32 Å². The van der Waals surface area contributed by atoms with E-state index in [9.17, 15) is 13.2 Å². The summed E-state index contributed by atoms with van der Waals surface area (Å²) < 4.78 is 26.5. The largest absolute Gasteiger partial charge is 0.322 e. The van der Waals surface area contributed by atoms with E-state index >= 15 is 0 Å². The molecule has 6 heteroatoms. The quantitative estimate of drug-likeness (QED) is 0.886. The first kappa shape index (κ1) is 19.1. The number of benzene rings is 2. The second-order valence-corrected chi connectivity index (χ2v) is 8.36. The van der Waals surface area contributed by atoms with E-state index in [1.165, 1.54) is 23.5 Å². The van der Waals surface area contributed by atoms with Crippen molar-refractivity contribution in [1.82, 2.24) is 4.31 Å². The molecule has 0 heterocycles. The number of nitrogens with zero attached hydrogens (tertiary/aromatic N) is 1. The van der Waals surface area contributed by atoms with Crippen molar-refractivity contribution >= 4 is 21.6 Å². The van der Waals surface area contributed by atoms with E-state index in [4.69, 9.17) is 0 Å². The minimum absolute atomic E-state index is 0.109. The summed E-state index contributed by atoms with van der Waals surface area (Å²) in [6.45, 7) is 7.44. The fourth-order valence-corrected chi connectivity index (χ4v) is 3.85. The third-order valence-corrected chi connectivity index (χ3v) is 6.25.